The summed E-state index contributed by atoms with van der Waals surface area (Å²) in [6.45, 7) is 0. The number of benzene rings is 2. The summed E-state index contributed by atoms with van der Waals surface area (Å²) in [6, 6.07) is 16.3. The third-order valence-electron chi connectivity index (χ3n) is 3.15. The van der Waals surface area contributed by atoms with Gasteiger partial charge >= 0.3 is 0 Å². The Balaban J connectivity index is 2.45. The summed E-state index contributed by atoms with van der Waals surface area (Å²) >= 11 is 0. The smallest absolute Gasteiger partial charge is 0.119 e. The van der Waals surface area contributed by atoms with Crippen LogP contribution in [-0.4, -0.2) is 26.1 Å². The van der Waals surface area contributed by atoms with Crippen molar-refractivity contribution in [2.75, 3.05) is 26.9 Å². The van der Waals surface area contributed by atoms with Crippen LogP contribution < -0.4 is 10.5 Å². The van der Waals surface area contributed by atoms with Crippen LogP contribution in [0.25, 0.3) is 0 Å². The number of methoxy groups -OCH3 is 1. The minimum Gasteiger partial charge on any atom is -0.497 e. The Morgan fingerprint density at radius 3 is 2.21 bits per heavy atom. The van der Waals surface area contributed by atoms with E-state index in [0.29, 0.717) is 0 Å². The van der Waals surface area contributed by atoms with Gasteiger partial charge in [-0.05, 0) is 49.5 Å². The van der Waals surface area contributed by atoms with Gasteiger partial charge in [-0.15, -0.1) is 0 Å². The number of nitrogens with zero attached hydrogens (tertiary/aromatic N) is 1. The van der Waals surface area contributed by atoms with Crippen LogP contribution in [0.1, 0.15) is 17.2 Å². The highest BCUT2D eigenvalue weighted by Crippen LogP contribution is 2.29. The molecule has 2 N–H and O–H groups in total. The van der Waals surface area contributed by atoms with Crippen molar-refractivity contribution < 1.29 is 4.74 Å². The molecule has 3 nitrogen and oxygen atoms in total. The van der Waals surface area contributed by atoms with Crippen molar-refractivity contribution in [1.82, 2.24) is 4.90 Å². The lowest BCUT2D eigenvalue weighted by Crippen LogP contribution is -2.21. The molecule has 0 aliphatic carbocycles. The lowest BCUT2D eigenvalue weighted by molar-refractivity contribution is 0.340. The molecule has 1 unspecified atom stereocenters. The van der Waals surface area contributed by atoms with E-state index in [2.05, 4.69) is 37.2 Å². The highest BCUT2D eigenvalue weighted by Gasteiger charge is 2.17. The molecule has 0 aromatic heterocycles. The van der Waals surface area contributed by atoms with Crippen LogP contribution in [0.15, 0.2) is 48.5 Å². The van der Waals surface area contributed by atoms with E-state index in [1.54, 1.807) is 7.11 Å². The average molecular weight is 256 g/mol. The van der Waals surface area contributed by atoms with Gasteiger partial charge in [-0.25, -0.2) is 0 Å². The van der Waals surface area contributed by atoms with E-state index in [-0.39, 0.29) is 6.04 Å². The summed E-state index contributed by atoms with van der Waals surface area (Å²) in [7, 11) is 5.81. The second-order valence-electron chi connectivity index (χ2n) is 4.81. The SMILES string of the molecule is COc1cccc(C(c2cccc(N)c2)N(C)C)c1. The van der Waals surface area contributed by atoms with Gasteiger partial charge in [-0.2, -0.15) is 0 Å². The number of anilines is 1. The Morgan fingerprint density at radius 2 is 1.63 bits per heavy atom. The Labute approximate surface area is 114 Å². The Kier molecular flexibility index (Phi) is 4.07. The second kappa shape index (κ2) is 5.76. The Bertz CT molecular complexity index is 552. The fraction of sp³-hybridized carbons (Fsp3) is 0.250. The number of hydrogen-bond donors (Lipinski definition) is 1. The standard InChI is InChI=1S/C16H20N2O/c1-18(2)16(12-6-4-8-14(17)10-12)13-7-5-9-15(11-13)19-3/h4-11,16H,17H2,1-3H3. The Hall–Kier alpha value is -2.00. The topological polar surface area (TPSA) is 38.5 Å². The van der Waals surface area contributed by atoms with Crippen molar-refractivity contribution in [3.8, 4) is 5.75 Å². The molecular formula is C16H20N2O. The maximum absolute atomic E-state index is 5.89. The molecule has 0 radical (unpaired) electrons. The summed E-state index contributed by atoms with van der Waals surface area (Å²) in [5, 5.41) is 0. The first kappa shape index (κ1) is 13.4. The van der Waals surface area contributed by atoms with Gasteiger partial charge < -0.3 is 10.5 Å². The summed E-state index contributed by atoms with van der Waals surface area (Å²) in [4.78, 5) is 2.17. The third-order valence-corrected chi connectivity index (χ3v) is 3.15. The average Bonchev–Trinajstić information content (AvgIpc) is 2.39. The van der Waals surface area contributed by atoms with Gasteiger partial charge in [0, 0.05) is 5.69 Å². The van der Waals surface area contributed by atoms with E-state index in [4.69, 9.17) is 10.5 Å². The molecular weight excluding hydrogens is 236 g/mol. The van der Waals surface area contributed by atoms with Gasteiger partial charge in [0.05, 0.1) is 13.2 Å². The van der Waals surface area contributed by atoms with E-state index < -0.39 is 0 Å². The predicted octanol–water partition coefficient (Wildman–Crippen LogP) is 2.93. The van der Waals surface area contributed by atoms with Gasteiger partial charge in [0.15, 0.2) is 0 Å². The zero-order valence-electron chi connectivity index (χ0n) is 11.6. The molecule has 0 saturated carbocycles. The molecule has 2 aromatic rings. The highest BCUT2D eigenvalue weighted by atomic mass is 16.5. The molecule has 2 rings (SSSR count). The number of nitrogen functional groups attached to an aromatic ring is 1. The first-order valence-electron chi connectivity index (χ1n) is 6.27. The lowest BCUT2D eigenvalue weighted by Gasteiger charge is -2.26. The quantitative estimate of drug-likeness (QED) is 0.855. The molecule has 0 bridgehead atoms. The summed E-state index contributed by atoms with van der Waals surface area (Å²) in [6.07, 6.45) is 0. The van der Waals surface area contributed by atoms with E-state index in [9.17, 15) is 0 Å². The van der Waals surface area contributed by atoms with Crippen molar-refractivity contribution in [1.29, 1.82) is 0 Å². The number of nitrogens with two attached hydrogens (primary N) is 1. The first-order chi connectivity index (χ1) is 9.11. The Morgan fingerprint density at radius 1 is 1.00 bits per heavy atom. The molecule has 0 amide bonds. The number of ether oxygens (including phenoxy) is 1. The number of hydrogen-bond acceptors (Lipinski definition) is 3. The van der Waals surface area contributed by atoms with E-state index >= 15 is 0 Å². The monoisotopic (exact) mass is 256 g/mol. The van der Waals surface area contributed by atoms with Crippen LogP contribution in [0, 0.1) is 0 Å². The molecule has 19 heavy (non-hydrogen) atoms. The van der Waals surface area contributed by atoms with Crippen LogP contribution >= 0.6 is 0 Å². The third kappa shape index (κ3) is 3.06. The maximum atomic E-state index is 5.89. The fourth-order valence-electron chi connectivity index (χ4n) is 2.33. The minimum absolute atomic E-state index is 0.165. The molecule has 3 heteroatoms. The molecule has 0 spiro atoms. The lowest BCUT2D eigenvalue weighted by atomic mass is 9.97. The molecule has 100 valence electrons. The molecule has 0 fully saturated rings. The van der Waals surface area contributed by atoms with Crippen molar-refractivity contribution in [2.45, 2.75) is 6.04 Å². The molecule has 0 saturated heterocycles. The normalized spacial score (nSPS) is 12.4. The van der Waals surface area contributed by atoms with Crippen LogP contribution in [0.5, 0.6) is 5.75 Å². The zero-order valence-corrected chi connectivity index (χ0v) is 11.6. The van der Waals surface area contributed by atoms with Gasteiger partial charge in [0.25, 0.3) is 0 Å². The van der Waals surface area contributed by atoms with Gasteiger partial charge in [-0.3, -0.25) is 4.90 Å². The van der Waals surface area contributed by atoms with Gasteiger partial charge in [-0.1, -0.05) is 24.3 Å². The molecule has 1 atom stereocenters. The van der Waals surface area contributed by atoms with Crippen molar-refractivity contribution in [2.24, 2.45) is 0 Å². The summed E-state index contributed by atoms with van der Waals surface area (Å²) < 4.78 is 5.30. The maximum Gasteiger partial charge on any atom is 0.119 e. The van der Waals surface area contributed by atoms with Gasteiger partial charge in [0.2, 0.25) is 0 Å². The van der Waals surface area contributed by atoms with Crippen molar-refractivity contribution in [3.63, 3.8) is 0 Å². The van der Waals surface area contributed by atoms with E-state index in [0.717, 1.165) is 11.4 Å². The van der Waals surface area contributed by atoms with E-state index in [1.165, 1.54) is 11.1 Å². The summed E-state index contributed by atoms with van der Waals surface area (Å²) in [5.41, 5.74) is 9.04. The zero-order chi connectivity index (χ0) is 13.8. The van der Waals surface area contributed by atoms with Crippen LogP contribution in [0.3, 0.4) is 0 Å². The second-order valence-corrected chi connectivity index (χ2v) is 4.81. The fourth-order valence-corrected chi connectivity index (χ4v) is 2.33. The van der Waals surface area contributed by atoms with Gasteiger partial charge in [0.1, 0.15) is 5.75 Å². The molecule has 0 aliphatic rings. The van der Waals surface area contributed by atoms with Crippen molar-refractivity contribution in [3.05, 3.63) is 59.7 Å². The van der Waals surface area contributed by atoms with Crippen LogP contribution in [-0.2, 0) is 0 Å². The predicted molar refractivity (Wildman–Crippen MR) is 79.4 cm³/mol. The largest absolute Gasteiger partial charge is 0.497 e. The van der Waals surface area contributed by atoms with E-state index in [1.807, 2.05) is 30.3 Å². The minimum atomic E-state index is 0.165. The number of rotatable bonds is 4. The van der Waals surface area contributed by atoms with Crippen LogP contribution in [0.2, 0.25) is 0 Å². The molecule has 0 aliphatic heterocycles. The van der Waals surface area contributed by atoms with Crippen molar-refractivity contribution >= 4 is 5.69 Å². The van der Waals surface area contributed by atoms with Crippen LogP contribution in [0.4, 0.5) is 5.69 Å². The first-order valence-corrected chi connectivity index (χ1v) is 6.27. The summed E-state index contributed by atoms with van der Waals surface area (Å²) in [5.74, 6) is 0.869. The highest BCUT2D eigenvalue weighted by molar-refractivity contribution is 5.45. The molecule has 2 aromatic carbocycles. The molecule has 0 heterocycles.